The molecular weight excluding hydrogens is 443 g/mol. The third-order valence-corrected chi connectivity index (χ3v) is 6.96. The van der Waals surface area contributed by atoms with Gasteiger partial charge in [-0.15, -0.1) is 0 Å². The van der Waals surface area contributed by atoms with E-state index in [-0.39, 0.29) is 30.8 Å². The van der Waals surface area contributed by atoms with Crippen LogP contribution in [0.2, 0.25) is 10.0 Å². The molecule has 1 N–H and O–H groups in total. The lowest BCUT2D eigenvalue weighted by atomic mass is 10.0. The number of nitrogens with one attached hydrogen (secondary N) is 1. The van der Waals surface area contributed by atoms with E-state index in [1.54, 1.807) is 17.0 Å². The zero-order valence-electron chi connectivity index (χ0n) is 19.1. The number of halogens is 2. The highest BCUT2D eigenvalue weighted by Crippen LogP contribution is 2.25. The molecule has 2 aromatic carbocycles. The molecule has 32 heavy (non-hydrogen) atoms. The fourth-order valence-corrected chi connectivity index (χ4v) is 4.78. The Hall–Kier alpha value is -2.04. The topological polar surface area (TPSA) is 49.4 Å². The molecule has 1 aliphatic carbocycles. The average Bonchev–Trinajstić information content (AvgIpc) is 3.25. The second-order valence-corrected chi connectivity index (χ2v) is 9.61. The fourth-order valence-electron chi connectivity index (χ4n) is 4.31. The molecule has 0 saturated heterocycles. The third-order valence-electron chi connectivity index (χ3n) is 6.37. The van der Waals surface area contributed by atoms with Gasteiger partial charge in [-0.25, -0.2) is 0 Å². The van der Waals surface area contributed by atoms with Gasteiger partial charge < -0.3 is 10.2 Å². The quantitative estimate of drug-likeness (QED) is 0.508. The minimum Gasteiger partial charge on any atom is -0.352 e. The molecule has 1 aliphatic rings. The van der Waals surface area contributed by atoms with Crippen LogP contribution in [-0.2, 0) is 22.6 Å². The van der Waals surface area contributed by atoms with Gasteiger partial charge in [-0.05, 0) is 67.5 Å². The first-order valence-electron chi connectivity index (χ1n) is 11.4. The summed E-state index contributed by atoms with van der Waals surface area (Å²) in [4.78, 5) is 28.4. The Bertz CT molecular complexity index is 970. The van der Waals surface area contributed by atoms with Crippen LogP contribution >= 0.6 is 23.2 Å². The van der Waals surface area contributed by atoms with E-state index in [0.29, 0.717) is 16.5 Å². The lowest BCUT2D eigenvalue weighted by Gasteiger charge is -2.32. The summed E-state index contributed by atoms with van der Waals surface area (Å²) >= 11 is 12.5. The number of aryl methyl sites for hydroxylation is 2. The number of hydrogen-bond donors (Lipinski definition) is 1. The molecule has 2 amide bonds. The number of nitrogens with zero attached hydrogens (tertiary/aromatic N) is 1. The van der Waals surface area contributed by atoms with Gasteiger partial charge in [-0.3, -0.25) is 9.59 Å². The normalized spacial score (nSPS) is 14.9. The molecule has 4 nitrogen and oxygen atoms in total. The summed E-state index contributed by atoms with van der Waals surface area (Å²) in [5.41, 5.74) is 4.05. The summed E-state index contributed by atoms with van der Waals surface area (Å²) in [6.45, 7) is 6.30. The highest BCUT2D eigenvalue weighted by atomic mass is 35.5. The maximum atomic E-state index is 13.5. The fraction of sp³-hybridized carbons (Fsp3) is 0.462. The molecule has 1 fully saturated rings. The van der Waals surface area contributed by atoms with Crippen LogP contribution in [0, 0.1) is 13.8 Å². The smallest absolute Gasteiger partial charge is 0.243 e. The van der Waals surface area contributed by atoms with Crippen LogP contribution in [0.15, 0.2) is 36.4 Å². The highest BCUT2D eigenvalue weighted by Gasteiger charge is 2.31. The van der Waals surface area contributed by atoms with Crippen LogP contribution < -0.4 is 5.32 Å². The maximum absolute atomic E-state index is 13.5. The van der Waals surface area contributed by atoms with Crippen LogP contribution in [0.25, 0.3) is 0 Å². The Kier molecular flexibility index (Phi) is 8.61. The van der Waals surface area contributed by atoms with Crippen molar-refractivity contribution in [1.29, 1.82) is 0 Å². The molecule has 0 aromatic heterocycles. The molecule has 3 rings (SSSR count). The van der Waals surface area contributed by atoms with E-state index < -0.39 is 6.04 Å². The molecule has 172 valence electrons. The molecule has 0 spiro atoms. The molecule has 2 aromatic rings. The van der Waals surface area contributed by atoms with Crippen molar-refractivity contribution in [1.82, 2.24) is 10.2 Å². The summed E-state index contributed by atoms with van der Waals surface area (Å²) in [5.74, 6) is -0.175. The Morgan fingerprint density at radius 2 is 1.78 bits per heavy atom. The van der Waals surface area contributed by atoms with Crippen molar-refractivity contribution in [2.75, 3.05) is 0 Å². The summed E-state index contributed by atoms with van der Waals surface area (Å²) in [7, 11) is 0. The predicted molar refractivity (Wildman–Crippen MR) is 131 cm³/mol. The molecule has 0 heterocycles. The van der Waals surface area contributed by atoms with Gasteiger partial charge in [0.05, 0.1) is 6.42 Å². The number of hydrogen-bond acceptors (Lipinski definition) is 2. The van der Waals surface area contributed by atoms with Crippen LogP contribution in [0.3, 0.4) is 0 Å². The summed E-state index contributed by atoms with van der Waals surface area (Å²) < 4.78 is 0. The van der Waals surface area contributed by atoms with Gasteiger partial charge in [0.25, 0.3) is 0 Å². The molecule has 0 aliphatic heterocycles. The first-order chi connectivity index (χ1) is 15.3. The van der Waals surface area contributed by atoms with Crippen molar-refractivity contribution >= 4 is 35.0 Å². The monoisotopic (exact) mass is 474 g/mol. The number of carbonyl (C=O) groups excluding carboxylic acids is 2. The van der Waals surface area contributed by atoms with Crippen LogP contribution in [-0.4, -0.2) is 28.8 Å². The van der Waals surface area contributed by atoms with E-state index in [2.05, 4.69) is 12.2 Å². The van der Waals surface area contributed by atoms with Crippen molar-refractivity contribution in [2.24, 2.45) is 0 Å². The number of carbonyl (C=O) groups is 2. The Morgan fingerprint density at radius 3 is 2.41 bits per heavy atom. The van der Waals surface area contributed by atoms with Crippen molar-refractivity contribution in [2.45, 2.75) is 77.9 Å². The van der Waals surface area contributed by atoms with E-state index in [1.807, 2.05) is 38.1 Å². The molecule has 0 radical (unpaired) electrons. The SMILES string of the molecule is CC[C@@H](C(=O)NC1CCCC1)N(Cc1ccc(Cl)cc1Cl)C(=O)Cc1ccc(C)c(C)c1. The lowest BCUT2D eigenvalue weighted by Crippen LogP contribution is -2.51. The van der Waals surface area contributed by atoms with Crippen LogP contribution in [0.1, 0.15) is 61.3 Å². The van der Waals surface area contributed by atoms with Gasteiger partial charge in [0.1, 0.15) is 6.04 Å². The largest absolute Gasteiger partial charge is 0.352 e. The maximum Gasteiger partial charge on any atom is 0.243 e. The van der Waals surface area contributed by atoms with Gasteiger partial charge in [0.2, 0.25) is 11.8 Å². The van der Waals surface area contributed by atoms with E-state index in [1.165, 1.54) is 5.56 Å². The molecular formula is C26H32Cl2N2O2. The average molecular weight is 475 g/mol. The van der Waals surface area contributed by atoms with Crippen molar-refractivity contribution < 1.29 is 9.59 Å². The predicted octanol–water partition coefficient (Wildman–Crippen LogP) is 6.02. The second-order valence-electron chi connectivity index (χ2n) is 8.77. The molecule has 1 saturated carbocycles. The van der Waals surface area contributed by atoms with Crippen molar-refractivity contribution in [3.05, 3.63) is 68.7 Å². The van der Waals surface area contributed by atoms with Crippen molar-refractivity contribution in [3.63, 3.8) is 0 Å². The number of amides is 2. The molecule has 6 heteroatoms. The van der Waals surface area contributed by atoms with Gasteiger partial charge >= 0.3 is 0 Å². The first kappa shape index (κ1) is 24.6. The number of benzene rings is 2. The molecule has 0 bridgehead atoms. The van der Waals surface area contributed by atoms with Crippen molar-refractivity contribution in [3.8, 4) is 0 Å². The number of rotatable bonds is 8. The Morgan fingerprint density at radius 1 is 1.06 bits per heavy atom. The minimum absolute atomic E-state index is 0.0853. The zero-order chi connectivity index (χ0) is 23.3. The molecule has 1 atom stereocenters. The third kappa shape index (κ3) is 6.26. The van der Waals surface area contributed by atoms with E-state index in [4.69, 9.17) is 23.2 Å². The second kappa shape index (κ2) is 11.2. The summed E-state index contributed by atoms with van der Waals surface area (Å²) in [6, 6.07) is 10.9. The van der Waals surface area contributed by atoms with E-state index in [0.717, 1.165) is 42.4 Å². The summed E-state index contributed by atoms with van der Waals surface area (Å²) in [6.07, 6.45) is 5.04. The first-order valence-corrected chi connectivity index (χ1v) is 12.1. The Balaban J connectivity index is 1.86. The molecule has 0 unspecified atom stereocenters. The van der Waals surface area contributed by atoms with Crippen LogP contribution in [0.4, 0.5) is 0 Å². The van der Waals surface area contributed by atoms with Gasteiger partial charge in [0.15, 0.2) is 0 Å². The van der Waals surface area contributed by atoms with E-state index in [9.17, 15) is 9.59 Å². The van der Waals surface area contributed by atoms with Crippen LogP contribution in [0.5, 0.6) is 0 Å². The van der Waals surface area contributed by atoms with E-state index >= 15 is 0 Å². The minimum atomic E-state index is -0.554. The summed E-state index contributed by atoms with van der Waals surface area (Å²) in [5, 5.41) is 4.20. The van der Waals surface area contributed by atoms with Gasteiger partial charge in [-0.1, -0.05) is 67.2 Å². The zero-order valence-corrected chi connectivity index (χ0v) is 20.6. The standard InChI is InChI=1S/C26H32Cl2N2O2/c1-4-24(26(32)29-22-7-5-6-8-22)30(16-20-11-12-21(27)15-23(20)28)25(31)14-19-10-9-17(2)18(3)13-19/h9-13,15,22,24H,4-8,14,16H2,1-3H3,(H,29,32)/t24-/m0/s1. The highest BCUT2D eigenvalue weighted by molar-refractivity contribution is 6.35. The lowest BCUT2D eigenvalue weighted by molar-refractivity contribution is -0.141. The Labute approximate surface area is 201 Å². The van der Waals surface area contributed by atoms with Gasteiger partial charge in [-0.2, -0.15) is 0 Å². The van der Waals surface area contributed by atoms with Gasteiger partial charge in [0, 0.05) is 22.6 Å².